The number of morpholine rings is 1. The van der Waals surface area contributed by atoms with E-state index in [1.807, 2.05) is 13.8 Å². The minimum Gasteiger partial charge on any atom is -0.372 e. The average molecular weight is 337 g/mol. The van der Waals surface area contributed by atoms with Crippen molar-refractivity contribution in [1.29, 1.82) is 0 Å². The van der Waals surface area contributed by atoms with Crippen LogP contribution in [0, 0.1) is 0 Å². The van der Waals surface area contributed by atoms with Crippen LogP contribution in [0.15, 0.2) is 0 Å². The molecule has 0 aromatic rings. The highest BCUT2D eigenvalue weighted by Crippen LogP contribution is 2.18. The van der Waals surface area contributed by atoms with E-state index < -0.39 is 18.6 Å². The van der Waals surface area contributed by atoms with Crippen LogP contribution in [-0.2, 0) is 14.3 Å². The zero-order chi connectivity index (χ0) is 17.2. The van der Waals surface area contributed by atoms with Gasteiger partial charge in [-0.05, 0) is 13.8 Å². The SMILES string of the molecule is CC1CN(C(=O)CN2CCN(CC(F)(F)F)C(=O)C2)CC(C)O1. The number of nitrogens with zero attached hydrogens (tertiary/aromatic N) is 3. The summed E-state index contributed by atoms with van der Waals surface area (Å²) in [7, 11) is 0. The molecule has 0 saturated carbocycles. The van der Waals surface area contributed by atoms with Gasteiger partial charge in [-0.3, -0.25) is 14.5 Å². The van der Waals surface area contributed by atoms with Crippen LogP contribution < -0.4 is 0 Å². The van der Waals surface area contributed by atoms with Crippen LogP contribution in [0.1, 0.15) is 13.8 Å². The van der Waals surface area contributed by atoms with Gasteiger partial charge in [-0.1, -0.05) is 0 Å². The minimum atomic E-state index is -4.40. The molecule has 0 spiro atoms. The average Bonchev–Trinajstić information content (AvgIpc) is 2.39. The van der Waals surface area contributed by atoms with Gasteiger partial charge >= 0.3 is 6.18 Å². The highest BCUT2D eigenvalue weighted by molar-refractivity contribution is 5.82. The number of amides is 2. The summed E-state index contributed by atoms with van der Waals surface area (Å²) in [6.07, 6.45) is -4.49. The molecule has 0 aromatic heterocycles. The molecule has 2 unspecified atom stereocenters. The standard InChI is InChI=1S/C14H22F3N3O3/c1-10-5-20(6-11(2)23-10)13(22)8-18-3-4-19(12(21)7-18)9-14(15,16)17/h10-11H,3-9H2,1-2H3. The first-order valence-electron chi connectivity index (χ1n) is 7.64. The zero-order valence-electron chi connectivity index (χ0n) is 13.3. The predicted octanol–water partition coefficient (Wildman–Crippen LogP) is 0.329. The summed E-state index contributed by atoms with van der Waals surface area (Å²) < 4.78 is 42.6. The van der Waals surface area contributed by atoms with Crippen LogP contribution in [0.4, 0.5) is 13.2 Å². The second kappa shape index (κ2) is 7.04. The van der Waals surface area contributed by atoms with Crippen LogP contribution in [0.2, 0.25) is 0 Å². The maximum absolute atomic E-state index is 12.4. The van der Waals surface area contributed by atoms with E-state index in [1.165, 1.54) is 0 Å². The lowest BCUT2D eigenvalue weighted by atomic mass is 10.2. The number of ether oxygens (including phenoxy) is 1. The first kappa shape index (κ1) is 18.0. The number of piperazine rings is 1. The molecule has 2 aliphatic heterocycles. The molecule has 2 rings (SSSR count). The van der Waals surface area contributed by atoms with Gasteiger partial charge < -0.3 is 14.5 Å². The van der Waals surface area contributed by atoms with E-state index in [1.54, 1.807) is 9.80 Å². The fourth-order valence-corrected chi connectivity index (χ4v) is 2.95. The number of carbonyl (C=O) groups excluding carboxylic acids is 2. The third-order valence-electron chi connectivity index (χ3n) is 3.90. The number of hydrogen-bond acceptors (Lipinski definition) is 4. The monoisotopic (exact) mass is 337 g/mol. The molecule has 0 bridgehead atoms. The second-order valence-electron chi connectivity index (χ2n) is 6.20. The molecule has 0 aromatic carbocycles. The van der Waals surface area contributed by atoms with Crippen LogP contribution in [0.25, 0.3) is 0 Å². The van der Waals surface area contributed by atoms with Crippen molar-refractivity contribution in [3.05, 3.63) is 0 Å². The molecule has 0 N–H and O–H groups in total. The summed E-state index contributed by atoms with van der Waals surface area (Å²) in [5, 5.41) is 0. The van der Waals surface area contributed by atoms with Crippen LogP contribution in [0.5, 0.6) is 0 Å². The summed E-state index contributed by atoms with van der Waals surface area (Å²) in [5.41, 5.74) is 0. The molecule has 132 valence electrons. The maximum atomic E-state index is 12.4. The molecule has 23 heavy (non-hydrogen) atoms. The number of carbonyl (C=O) groups is 2. The predicted molar refractivity (Wildman–Crippen MR) is 75.7 cm³/mol. The van der Waals surface area contributed by atoms with Gasteiger partial charge in [0.05, 0.1) is 25.3 Å². The number of rotatable bonds is 3. The summed E-state index contributed by atoms with van der Waals surface area (Å²) in [6, 6.07) is 0. The fourth-order valence-electron chi connectivity index (χ4n) is 2.95. The number of hydrogen-bond donors (Lipinski definition) is 0. The van der Waals surface area contributed by atoms with Gasteiger partial charge in [-0.15, -0.1) is 0 Å². The van der Waals surface area contributed by atoms with Gasteiger partial charge in [0.25, 0.3) is 0 Å². The van der Waals surface area contributed by atoms with Crippen molar-refractivity contribution in [3.8, 4) is 0 Å². The Balaban J connectivity index is 1.83. The van der Waals surface area contributed by atoms with E-state index in [9.17, 15) is 22.8 Å². The molecule has 2 atom stereocenters. The van der Waals surface area contributed by atoms with Crippen LogP contribution in [-0.4, -0.2) is 90.7 Å². The molecule has 0 radical (unpaired) electrons. The van der Waals surface area contributed by atoms with Gasteiger partial charge in [0, 0.05) is 26.2 Å². The largest absolute Gasteiger partial charge is 0.406 e. The van der Waals surface area contributed by atoms with Gasteiger partial charge in [-0.25, -0.2) is 0 Å². The third-order valence-corrected chi connectivity index (χ3v) is 3.90. The summed E-state index contributed by atoms with van der Waals surface area (Å²) in [4.78, 5) is 28.2. The first-order chi connectivity index (χ1) is 10.6. The van der Waals surface area contributed by atoms with Gasteiger partial charge in [0.1, 0.15) is 6.54 Å². The van der Waals surface area contributed by atoms with E-state index in [-0.39, 0.29) is 44.3 Å². The molecule has 2 aliphatic rings. The van der Waals surface area contributed by atoms with E-state index in [0.29, 0.717) is 13.1 Å². The van der Waals surface area contributed by atoms with Crippen molar-refractivity contribution in [2.24, 2.45) is 0 Å². The normalized spacial score (nSPS) is 27.4. The molecular formula is C14H22F3N3O3. The van der Waals surface area contributed by atoms with E-state index in [4.69, 9.17) is 4.74 Å². The van der Waals surface area contributed by atoms with Gasteiger partial charge in [0.2, 0.25) is 11.8 Å². The summed E-state index contributed by atoms with van der Waals surface area (Å²) in [6.45, 7) is 3.67. The Morgan fingerprint density at radius 2 is 1.83 bits per heavy atom. The molecule has 2 heterocycles. The second-order valence-corrected chi connectivity index (χ2v) is 6.20. The van der Waals surface area contributed by atoms with Crippen molar-refractivity contribution in [2.45, 2.75) is 32.2 Å². The lowest BCUT2D eigenvalue weighted by Crippen LogP contribution is -2.56. The molecule has 6 nitrogen and oxygen atoms in total. The van der Waals surface area contributed by atoms with Gasteiger partial charge in [0.15, 0.2) is 0 Å². The van der Waals surface area contributed by atoms with Crippen LogP contribution >= 0.6 is 0 Å². The van der Waals surface area contributed by atoms with Gasteiger partial charge in [-0.2, -0.15) is 13.2 Å². The third kappa shape index (κ3) is 5.35. The van der Waals surface area contributed by atoms with Crippen molar-refractivity contribution in [3.63, 3.8) is 0 Å². The molecule has 2 amide bonds. The summed E-state index contributed by atoms with van der Waals surface area (Å²) in [5.74, 6) is -0.714. The molecular weight excluding hydrogens is 315 g/mol. The van der Waals surface area contributed by atoms with Crippen molar-refractivity contribution in [1.82, 2.24) is 14.7 Å². The van der Waals surface area contributed by atoms with Crippen molar-refractivity contribution < 1.29 is 27.5 Å². The molecule has 9 heteroatoms. The van der Waals surface area contributed by atoms with Crippen LogP contribution in [0.3, 0.4) is 0 Å². The Morgan fingerprint density at radius 1 is 1.22 bits per heavy atom. The Kier molecular flexibility index (Phi) is 5.51. The lowest BCUT2D eigenvalue weighted by molar-refractivity contribution is -0.166. The van der Waals surface area contributed by atoms with Crippen molar-refractivity contribution in [2.75, 3.05) is 45.8 Å². The Labute approximate surface area is 133 Å². The highest BCUT2D eigenvalue weighted by atomic mass is 19.4. The van der Waals surface area contributed by atoms with E-state index in [2.05, 4.69) is 0 Å². The van der Waals surface area contributed by atoms with Crippen molar-refractivity contribution >= 4 is 11.8 Å². The van der Waals surface area contributed by atoms with E-state index in [0.717, 1.165) is 4.90 Å². The smallest absolute Gasteiger partial charge is 0.372 e. The topological polar surface area (TPSA) is 53.1 Å². The molecule has 0 aliphatic carbocycles. The molecule has 2 saturated heterocycles. The molecule has 2 fully saturated rings. The number of halogens is 3. The fraction of sp³-hybridized carbons (Fsp3) is 0.857. The lowest BCUT2D eigenvalue weighted by Gasteiger charge is -2.38. The summed E-state index contributed by atoms with van der Waals surface area (Å²) >= 11 is 0. The zero-order valence-corrected chi connectivity index (χ0v) is 13.3. The first-order valence-corrected chi connectivity index (χ1v) is 7.64. The minimum absolute atomic E-state index is 0.0124. The Morgan fingerprint density at radius 3 is 2.35 bits per heavy atom. The number of alkyl halides is 3. The van der Waals surface area contributed by atoms with E-state index >= 15 is 0 Å². The Hall–Kier alpha value is -1.35. The Bertz CT molecular complexity index is 448. The maximum Gasteiger partial charge on any atom is 0.406 e. The highest BCUT2D eigenvalue weighted by Gasteiger charge is 2.36. The quantitative estimate of drug-likeness (QED) is 0.745.